The Kier molecular flexibility index (Phi) is 2.93. The van der Waals surface area contributed by atoms with Crippen molar-refractivity contribution >= 4 is 15.9 Å². The molecule has 0 aromatic heterocycles. The number of sulfonamides is 1. The molecule has 1 aliphatic carbocycles. The summed E-state index contributed by atoms with van der Waals surface area (Å²) in [7, 11) is -3.12. The van der Waals surface area contributed by atoms with Crippen LogP contribution in [-0.2, 0) is 14.8 Å². The second kappa shape index (κ2) is 3.97. The largest absolute Gasteiger partial charge is 0.340 e. The van der Waals surface area contributed by atoms with E-state index in [9.17, 15) is 13.2 Å². The lowest BCUT2D eigenvalue weighted by molar-refractivity contribution is -0.133. The van der Waals surface area contributed by atoms with Crippen molar-refractivity contribution in [2.75, 3.05) is 32.4 Å². The molecule has 2 aliphatic rings. The summed E-state index contributed by atoms with van der Waals surface area (Å²) in [6.07, 6.45) is 1.96. The molecule has 1 amide bonds. The van der Waals surface area contributed by atoms with Crippen LogP contribution in [-0.4, -0.2) is 62.0 Å². The Morgan fingerprint density at radius 2 is 1.75 bits per heavy atom. The number of carbonyl (C=O) groups excluding carboxylic acids is 1. The van der Waals surface area contributed by atoms with E-state index in [4.69, 9.17) is 5.73 Å². The molecule has 7 heteroatoms. The first-order chi connectivity index (χ1) is 7.39. The minimum Gasteiger partial charge on any atom is -0.340 e. The van der Waals surface area contributed by atoms with Crippen molar-refractivity contribution in [1.29, 1.82) is 0 Å². The van der Waals surface area contributed by atoms with Crippen molar-refractivity contribution in [1.82, 2.24) is 9.21 Å². The summed E-state index contributed by atoms with van der Waals surface area (Å²) in [4.78, 5) is 13.5. The second-order valence-electron chi connectivity index (χ2n) is 4.49. The van der Waals surface area contributed by atoms with Gasteiger partial charge in [0.15, 0.2) is 0 Å². The van der Waals surface area contributed by atoms with Gasteiger partial charge in [-0.05, 0) is 6.42 Å². The lowest BCUT2D eigenvalue weighted by Crippen LogP contribution is -2.51. The predicted octanol–water partition coefficient (Wildman–Crippen LogP) is -1.56. The van der Waals surface area contributed by atoms with Gasteiger partial charge in [-0.25, -0.2) is 8.42 Å². The van der Waals surface area contributed by atoms with Crippen LogP contribution in [0.1, 0.15) is 6.42 Å². The molecule has 2 N–H and O–H groups in total. The van der Waals surface area contributed by atoms with Crippen molar-refractivity contribution in [3.05, 3.63) is 0 Å². The number of carbonyl (C=O) groups is 1. The van der Waals surface area contributed by atoms with Gasteiger partial charge in [0.2, 0.25) is 15.9 Å². The molecule has 2 fully saturated rings. The van der Waals surface area contributed by atoms with Crippen molar-refractivity contribution < 1.29 is 13.2 Å². The number of piperazine rings is 1. The highest BCUT2D eigenvalue weighted by Gasteiger charge is 2.43. The van der Waals surface area contributed by atoms with Crippen LogP contribution in [0.4, 0.5) is 0 Å². The Morgan fingerprint density at radius 3 is 2.12 bits per heavy atom. The summed E-state index contributed by atoms with van der Waals surface area (Å²) in [6.45, 7) is 1.75. The van der Waals surface area contributed by atoms with Crippen LogP contribution in [0.5, 0.6) is 0 Å². The molecule has 0 aromatic rings. The maximum absolute atomic E-state index is 11.8. The zero-order valence-electron chi connectivity index (χ0n) is 9.30. The molecule has 0 aromatic carbocycles. The van der Waals surface area contributed by atoms with Crippen LogP contribution in [0.3, 0.4) is 0 Å². The highest BCUT2D eigenvalue weighted by molar-refractivity contribution is 7.88. The fraction of sp³-hybridized carbons (Fsp3) is 0.889. The average Bonchev–Trinajstić information content (AvgIpc) is 2.93. The van der Waals surface area contributed by atoms with E-state index < -0.39 is 10.0 Å². The first-order valence-corrected chi connectivity index (χ1v) is 7.24. The monoisotopic (exact) mass is 247 g/mol. The van der Waals surface area contributed by atoms with Crippen LogP contribution in [0, 0.1) is 5.92 Å². The minimum atomic E-state index is -3.12. The molecule has 2 rings (SSSR count). The van der Waals surface area contributed by atoms with Gasteiger partial charge in [0.25, 0.3) is 0 Å². The third kappa shape index (κ3) is 2.36. The van der Waals surface area contributed by atoms with Gasteiger partial charge in [0.1, 0.15) is 0 Å². The molecule has 2 atom stereocenters. The van der Waals surface area contributed by atoms with Gasteiger partial charge in [-0.15, -0.1) is 0 Å². The standard InChI is InChI=1S/C9H17N3O3S/c1-16(14,15)12-4-2-11(3-5-12)9(13)7-6-8(7)10/h7-8H,2-6,10H2,1H3. The summed E-state index contributed by atoms with van der Waals surface area (Å²) >= 11 is 0. The van der Waals surface area contributed by atoms with Gasteiger partial charge in [-0.3, -0.25) is 4.79 Å². The van der Waals surface area contributed by atoms with E-state index in [-0.39, 0.29) is 17.9 Å². The third-order valence-corrected chi connectivity index (χ3v) is 4.48. The summed E-state index contributed by atoms with van der Waals surface area (Å²) in [5, 5.41) is 0. The third-order valence-electron chi connectivity index (χ3n) is 3.18. The number of rotatable bonds is 2. The quantitative estimate of drug-likeness (QED) is 0.639. The van der Waals surface area contributed by atoms with Crippen LogP contribution < -0.4 is 5.73 Å². The smallest absolute Gasteiger partial charge is 0.227 e. The van der Waals surface area contributed by atoms with Gasteiger partial charge in [-0.2, -0.15) is 4.31 Å². The minimum absolute atomic E-state index is 0.0143. The average molecular weight is 247 g/mol. The lowest BCUT2D eigenvalue weighted by atomic mass is 10.3. The topological polar surface area (TPSA) is 83.7 Å². The maximum Gasteiger partial charge on any atom is 0.227 e. The molecule has 0 radical (unpaired) electrons. The molecule has 0 spiro atoms. The fourth-order valence-corrected chi connectivity index (χ4v) is 2.80. The Bertz CT molecular complexity index is 387. The van der Waals surface area contributed by atoms with E-state index in [0.29, 0.717) is 26.2 Å². The molecule has 2 unspecified atom stereocenters. The van der Waals surface area contributed by atoms with Crippen molar-refractivity contribution in [3.63, 3.8) is 0 Å². The Balaban J connectivity index is 1.88. The maximum atomic E-state index is 11.8. The van der Waals surface area contributed by atoms with E-state index in [1.54, 1.807) is 4.90 Å². The molecule has 92 valence electrons. The first kappa shape index (κ1) is 11.8. The Hall–Kier alpha value is -0.660. The van der Waals surface area contributed by atoms with Crippen LogP contribution >= 0.6 is 0 Å². The molecule has 1 saturated heterocycles. The molecule has 1 aliphatic heterocycles. The number of hydrogen-bond acceptors (Lipinski definition) is 4. The SMILES string of the molecule is CS(=O)(=O)N1CCN(C(=O)C2CC2N)CC1. The van der Waals surface area contributed by atoms with Gasteiger partial charge in [0.05, 0.1) is 12.2 Å². The van der Waals surface area contributed by atoms with Gasteiger partial charge >= 0.3 is 0 Å². The summed E-state index contributed by atoms with van der Waals surface area (Å²) in [5.41, 5.74) is 5.62. The van der Waals surface area contributed by atoms with Crippen LogP contribution in [0.25, 0.3) is 0 Å². The summed E-state index contributed by atoms with van der Waals surface area (Å²) < 4.78 is 23.9. The fourth-order valence-electron chi connectivity index (χ4n) is 1.97. The van der Waals surface area contributed by atoms with E-state index >= 15 is 0 Å². The Morgan fingerprint density at radius 1 is 1.25 bits per heavy atom. The predicted molar refractivity (Wildman–Crippen MR) is 59.1 cm³/mol. The lowest BCUT2D eigenvalue weighted by Gasteiger charge is -2.33. The number of nitrogens with zero attached hydrogens (tertiary/aromatic N) is 2. The molecule has 1 saturated carbocycles. The highest BCUT2D eigenvalue weighted by atomic mass is 32.2. The molecule has 6 nitrogen and oxygen atoms in total. The molecular weight excluding hydrogens is 230 g/mol. The normalized spacial score (nSPS) is 31.5. The summed E-state index contributed by atoms with van der Waals surface area (Å²) in [6, 6.07) is 0.0143. The van der Waals surface area contributed by atoms with Crippen LogP contribution in [0.2, 0.25) is 0 Å². The molecular formula is C9H17N3O3S. The van der Waals surface area contributed by atoms with Gasteiger partial charge < -0.3 is 10.6 Å². The molecule has 1 heterocycles. The van der Waals surface area contributed by atoms with E-state index in [1.807, 2.05) is 0 Å². The van der Waals surface area contributed by atoms with Crippen molar-refractivity contribution in [2.45, 2.75) is 12.5 Å². The van der Waals surface area contributed by atoms with Gasteiger partial charge in [-0.1, -0.05) is 0 Å². The van der Waals surface area contributed by atoms with Gasteiger partial charge in [0, 0.05) is 32.2 Å². The van der Waals surface area contributed by atoms with E-state index in [1.165, 1.54) is 10.6 Å². The zero-order valence-corrected chi connectivity index (χ0v) is 10.1. The zero-order chi connectivity index (χ0) is 11.9. The number of hydrogen-bond donors (Lipinski definition) is 1. The van der Waals surface area contributed by atoms with E-state index in [0.717, 1.165) is 6.42 Å². The number of nitrogens with two attached hydrogens (primary N) is 1. The Labute approximate surface area is 95.4 Å². The van der Waals surface area contributed by atoms with Crippen LogP contribution in [0.15, 0.2) is 0 Å². The molecule has 16 heavy (non-hydrogen) atoms. The molecule has 0 bridgehead atoms. The highest BCUT2D eigenvalue weighted by Crippen LogP contribution is 2.30. The van der Waals surface area contributed by atoms with Crippen molar-refractivity contribution in [2.24, 2.45) is 11.7 Å². The van der Waals surface area contributed by atoms with Crippen molar-refractivity contribution in [3.8, 4) is 0 Å². The first-order valence-electron chi connectivity index (χ1n) is 5.39. The number of amides is 1. The second-order valence-corrected chi connectivity index (χ2v) is 6.48. The van der Waals surface area contributed by atoms with E-state index in [2.05, 4.69) is 0 Å². The summed E-state index contributed by atoms with van der Waals surface area (Å²) in [5.74, 6) is 0.0606.